The molecule has 0 aliphatic carbocycles. The molecule has 0 radical (unpaired) electrons. The summed E-state index contributed by atoms with van der Waals surface area (Å²) in [4.78, 5) is 4.60. The fraction of sp³-hybridized carbons (Fsp3) is 0.833. The summed E-state index contributed by atoms with van der Waals surface area (Å²) in [5.41, 5.74) is 0. The largest absolute Gasteiger partial charge is 0.394 e. The van der Waals surface area contributed by atoms with Crippen LogP contribution in [0.2, 0.25) is 0 Å². The van der Waals surface area contributed by atoms with Gasteiger partial charge in [0.2, 0.25) is 0 Å². The second-order valence-electron chi connectivity index (χ2n) is 1.63. The topological polar surface area (TPSA) is 41.8 Å². The summed E-state index contributed by atoms with van der Waals surface area (Å²) >= 11 is 0. The van der Waals surface area contributed by atoms with E-state index < -0.39 is 0 Å². The van der Waals surface area contributed by atoms with Gasteiger partial charge >= 0.3 is 0 Å². The van der Waals surface area contributed by atoms with E-state index in [9.17, 15) is 0 Å². The van der Waals surface area contributed by atoms with Crippen LogP contribution in [0.5, 0.6) is 0 Å². The zero-order valence-electron chi connectivity index (χ0n) is 5.71. The molecule has 0 aromatic rings. The second-order valence-corrected chi connectivity index (χ2v) is 1.63. The Kier molecular flexibility index (Phi) is 6.96. The van der Waals surface area contributed by atoms with Crippen LogP contribution in [0.3, 0.4) is 0 Å². The second kappa shape index (κ2) is 7.43. The van der Waals surface area contributed by atoms with Gasteiger partial charge in [-0.1, -0.05) is 18.5 Å². The van der Waals surface area contributed by atoms with Gasteiger partial charge in [0.25, 0.3) is 0 Å². The molecule has 0 fully saturated rings. The Morgan fingerprint density at radius 1 is 1.67 bits per heavy atom. The van der Waals surface area contributed by atoms with Crippen molar-refractivity contribution in [2.45, 2.75) is 19.8 Å². The average Bonchev–Trinajstić information content (AvgIpc) is 1.89. The standard InChI is InChI=1S/C6H13NO2/c1-2-3-4-7-9-6-5-8/h4,8H,2-3,5-6H2,1H3. The molecule has 0 amide bonds. The molecule has 0 saturated carbocycles. The zero-order valence-corrected chi connectivity index (χ0v) is 5.71. The van der Waals surface area contributed by atoms with Crippen molar-refractivity contribution in [3.8, 4) is 0 Å². The minimum Gasteiger partial charge on any atom is -0.394 e. The number of aliphatic hydroxyl groups excluding tert-OH is 1. The van der Waals surface area contributed by atoms with Crippen molar-refractivity contribution in [2.24, 2.45) is 5.16 Å². The summed E-state index contributed by atoms with van der Waals surface area (Å²) in [6.45, 7) is 2.39. The van der Waals surface area contributed by atoms with Crippen molar-refractivity contribution in [1.29, 1.82) is 0 Å². The van der Waals surface area contributed by atoms with Crippen LogP contribution in [-0.2, 0) is 4.84 Å². The van der Waals surface area contributed by atoms with Crippen molar-refractivity contribution in [3.05, 3.63) is 0 Å². The molecule has 0 atom stereocenters. The molecule has 0 bridgehead atoms. The summed E-state index contributed by atoms with van der Waals surface area (Å²) in [6.07, 6.45) is 3.72. The van der Waals surface area contributed by atoms with E-state index in [1.54, 1.807) is 6.21 Å². The Morgan fingerprint density at radius 3 is 3.00 bits per heavy atom. The van der Waals surface area contributed by atoms with Crippen LogP contribution in [0.4, 0.5) is 0 Å². The molecule has 0 heterocycles. The van der Waals surface area contributed by atoms with Gasteiger partial charge in [0.05, 0.1) is 6.61 Å². The fourth-order valence-corrected chi connectivity index (χ4v) is 0.328. The first kappa shape index (κ1) is 8.43. The number of nitrogens with zero attached hydrogens (tertiary/aromatic N) is 1. The number of hydrogen-bond donors (Lipinski definition) is 1. The van der Waals surface area contributed by atoms with E-state index in [-0.39, 0.29) is 6.61 Å². The predicted molar refractivity (Wildman–Crippen MR) is 36.4 cm³/mol. The predicted octanol–water partition coefficient (Wildman–Crippen LogP) is 0.781. The summed E-state index contributed by atoms with van der Waals surface area (Å²) in [7, 11) is 0. The molecule has 1 N–H and O–H groups in total. The van der Waals surface area contributed by atoms with Crippen LogP contribution in [-0.4, -0.2) is 24.5 Å². The lowest BCUT2D eigenvalue weighted by atomic mass is 10.4. The maximum atomic E-state index is 8.22. The Balaban J connectivity index is 2.86. The molecule has 9 heavy (non-hydrogen) atoms. The first-order chi connectivity index (χ1) is 4.41. The summed E-state index contributed by atoms with van der Waals surface area (Å²) in [6, 6.07) is 0. The van der Waals surface area contributed by atoms with Gasteiger partial charge in [-0.05, 0) is 6.42 Å². The Morgan fingerprint density at radius 2 is 2.44 bits per heavy atom. The molecule has 0 aromatic carbocycles. The van der Waals surface area contributed by atoms with Gasteiger partial charge in [0.15, 0.2) is 0 Å². The highest BCUT2D eigenvalue weighted by atomic mass is 16.6. The first-order valence-corrected chi connectivity index (χ1v) is 3.16. The monoisotopic (exact) mass is 131 g/mol. The Hall–Kier alpha value is -0.570. The number of oxime groups is 1. The van der Waals surface area contributed by atoms with Gasteiger partial charge in [-0.15, -0.1) is 0 Å². The lowest BCUT2D eigenvalue weighted by molar-refractivity contribution is 0.0993. The highest BCUT2D eigenvalue weighted by Gasteiger charge is 1.76. The quantitative estimate of drug-likeness (QED) is 0.340. The van der Waals surface area contributed by atoms with Crippen molar-refractivity contribution in [1.82, 2.24) is 0 Å². The molecule has 0 spiro atoms. The van der Waals surface area contributed by atoms with E-state index in [1.165, 1.54) is 0 Å². The van der Waals surface area contributed by atoms with E-state index in [0.717, 1.165) is 12.8 Å². The molecule has 0 rings (SSSR count). The molecular formula is C6H13NO2. The summed E-state index contributed by atoms with van der Waals surface area (Å²) in [5.74, 6) is 0. The molecule has 54 valence electrons. The van der Waals surface area contributed by atoms with Crippen LogP contribution < -0.4 is 0 Å². The van der Waals surface area contributed by atoms with Crippen molar-refractivity contribution >= 4 is 6.21 Å². The zero-order chi connectivity index (χ0) is 6.95. The number of rotatable bonds is 5. The highest BCUT2D eigenvalue weighted by molar-refractivity contribution is 5.55. The minimum absolute atomic E-state index is 0.0312. The van der Waals surface area contributed by atoms with Crippen molar-refractivity contribution in [3.63, 3.8) is 0 Å². The fourth-order valence-electron chi connectivity index (χ4n) is 0.328. The summed E-state index contributed by atoms with van der Waals surface area (Å²) < 4.78 is 0. The van der Waals surface area contributed by atoms with Crippen LogP contribution in [0.15, 0.2) is 5.16 Å². The third-order valence-corrected chi connectivity index (χ3v) is 0.749. The lowest BCUT2D eigenvalue weighted by Gasteiger charge is -1.91. The van der Waals surface area contributed by atoms with Crippen molar-refractivity contribution < 1.29 is 9.94 Å². The van der Waals surface area contributed by atoms with Crippen LogP contribution in [0.25, 0.3) is 0 Å². The average molecular weight is 131 g/mol. The number of aliphatic hydroxyl groups is 1. The van der Waals surface area contributed by atoms with Crippen molar-refractivity contribution in [2.75, 3.05) is 13.2 Å². The van der Waals surface area contributed by atoms with E-state index in [0.29, 0.717) is 6.61 Å². The smallest absolute Gasteiger partial charge is 0.140 e. The minimum atomic E-state index is 0.0312. The maximum Gasteiger partial charge on any atom is 0.140 e. The molecule has 0 aliphatic heterocycles. The highest BCUT2D eigenvalue weighted by Crippen LogP contribution is 1.81. The van der Waals surface area contributed by atoms with E-state index >= 15 is 0 Å². The molecule has 0 saturated heterocycles. The van der Waals surface area contributed by atoms with E-state index in [4.69, 9.17) is 5.11 Å². The third-order valence-electron chi connectivity index (χ3n) is 0.749. The molecule has 3 nitrogen and oxygen atoms in total. The molecule has 3 heteroatoms. The molecule has 0 aliphatic rings. The van der Waals surface area contributed by atoms with Gasteiger partial charge in [-0.2, -0.15) is 0 Å². The first-order valence-electron chi connectivity index (χ1n) is 3.16. The van der Waals surface area contributed by atoms with E-state index in [2.05, 4.69) is 16.9 Å². The Labute approximate surface area is 55.3 Å². The normalized spacial score (nSPS) is 10.4. The van der Waals surface area contributed by atoms with Gasteiger partial charge in [0, 0.05) is 6.21 Å². The van der Waals surface area contributed by atoms with Gasteiger partial charge in [0.1, 0.15) is 6.61 Å². The lowest BCUT2D eigenvalue weighted by Crippen LogP contribution is -1.92. The van der Waals surface area contributed by atoms with E-state index in [1.807, 2.05) is 0 Å². The SMILES string of the molecule is CCCC=NOCCO. The molecular weight excluding hydrogens is 118 g/mol. The molecule has 0 aromatic heterocycles. The Bertz CT molecular complexity index is 73.5. The number of hydrogen-bond acceptors (Lipinski definition) is 3. The van der Waals surface area contributed by atoms with Gasteiger partial charge in [-0.25, -0.2) is 0 Å². The third kappa shape index (κ3) is 7.43. The van der Waals surface area contributed by atoms with Gasteiger partial charge < -0.3 is 9.94 Å². The van der Waals surface area contributed by atoms with Gasteiger partial charge in [-0.3, -0.25) is 0 Å². The van der Waals surface area contributed by atoms with Crippen LogP contribution in [0, 0.1) is 0 Å². The maximum absolute atomic E-state index is 8.22. The van der Waals surface area contributed by atoms with Crippen LogP contribution in [0.1, 0.15) is 19.8 Å². The summed E-state index contributed by atoms with van der Waals surface area (Å²) in [5, 5.41) is 11.8. The molecule has 0 unspecified atom stereocenters. The van der Waals surface area contributed by atoms with Crippen LogP contribution >= 0.6 is 0 Å². The number of unbranched alkanes of at least 4 members (excludes halogenated alkanes) is 1.